The smallest absolute Gasteiger partial charge is 0.299 e. The zero-order valence-corrected chi connectivity index (χ0v) is 15.3. The van der Waals surface area contributed by atoms with Crippen molar-refractivity contribution >= 4 is 7.48 Å². The van der Waals surface area contributed by atoms with E-state index in [0.717, 1.165) is 6.42 Å². The van der Waals surface area contributed by atoms with Crippen molar-refractivity contribution in [2.24, 2.45) is 5.73 Å². The number of methoxy groups -OCH3 is 1. The van der Waals surface area contributed by atoms with Gasteiger partial charge in [0.1, 0.15) is 5.72 Å². The van der Waals surface area contributed by atoms with E-state index in [2.05, 4.69) is 25.0 Å². The van der Waals surface area contributed by atoms with Crippen molar-refractivity contribution in [1.82, 2.24) is 0 Å². The number of aliphatic hydroxyl groups is 1. The lowest BCUT2D eigenvalue weighted by molar-refractivity contribution is -0.0980. The molecule has 0 saturated heterocycles. The largest absolute Gasteiger partial charge is 0.422 e. The first-order chi connectivity index (χ1) is 11.3. The molecule has 0 aromatic carbocycles. The summed E-state index contributed by atoms with van der Waals surface area (Å²) in [7, 11) is 3.27. The molecule has 5 heteroatoms. The Hall–Kier alpha value is -1.58. The maximum absolute atomic E-state index is 9.82. The van der Waals surface area contributed by atoms with Gasteiger partial charge in [0, 0.05) is 7.11 Å². The summed E-state index contributed by atoms with van der Waals surface area (Å²) in [6, 6.07) is 0. The zero-order chi connectivity index (χ0) is 18.9. The van der Waals surface area contributed by atoms with E-state index in [9.17, 15) is 5.11 Å². The lowest BCUT2D eigenvalue weighted by Crippen LogP contribution is -2.57. The molecule has 0 aromatic heterocycles. The normalized spacial score (nSPS) is 15.0. The summed E-state index contributed by atoms with van der Waals surface area (Å²) < 4.78 is 10.3. The van der Waals surface area contributed by atoms with Crippen LogP contribution in [0.5, 0.6) is 0 Å². The van der Waals surface area contributed by atoms with Crippen LogP contribution in [0.4, 0.5) is 0 Å². The Kier molecular flexibility index (Phi) is 15.4. The van der Waals surface area contributed by atoms with Gasteiger partial charge in [0.05, 0.1) is 12.2 Å². The number of ether oxygens (including phenoxy) is 1. The molecule has 0 saturated carbocycles. The number of allylic oxidation sites excluding steroid dienone is 7. The molecule has 0 aliphatic rings. The van der Waals surface area contributed by atoms with Gasteiger partial charge in [-0.05, 0) is 33.5 Å². The molecule has 1 atom stereocenters. The molecule has 0 bridgehead atoms. The number of nitrogens with two attached hydrogens (primary N) is 1. The summed E-state index contributed by atoms with van der Waals surface area (Å²) in [6.45, 7) is 5.55. The van der Waals surface area contributed by atoms with Crippen molar-refractivity contribution in [1.29, 1.82) is 0 Å². The summed E-state index contributed by atoms with van der Waals surface area (Å²) in [5.41, 5.74) is 3.67. The minimum Gasteiger partial charge on any atom is -0.422 e. The van der Waals surface area contributed by atoms with Crippen LogP contribution in [0, 0.1) is 12.8 Å². The van der Waals surface area contributed by atoms with Crippen molar-refractivity contribution in [3.63, 3.8) is 0 Å². The van der Waals surface area contributed by atoms with Crippen molar-refractivity contribution in [3.05, 3.63) is 48.6 Å². The Bertz CT molecular complexity index is 430. The molecule has 133 valence electrons. The first-order valence-electron chi connectivity index (χ1n) is 7.77. The molecule has 0 fully saturated rings. The highest BCUT2D eigenvalue weighted by atomic mass is 16.5. The quantitative estimate of drug-likeness (QED) is 0.152. The second kappa shape index (κ2) is 15.0. The predicted molar refractivity (Wildman–Crippen MR) is 103 cm³/mol. The first kappa shape index (κ1) is 24.7. The monoisotopic (exact) mass is 332 g/mol. The molecule has 0 aromatic rings. The standard InChI is InChI=1S/C17H29BNO3.C2H2/c1-16(2,20)17(3,19)22-18-14-12-10-8-6-5-7-9-11-13-15-21-4;1-2/h5-8,10-13,20H,9,14-15,19H2,1-4H3;1-2H/b7-5-,8-6+,12-10-,13-11+;. The molecule has 1 radical (unpaired) electrons. The molecule has 0 rings (SSSR count). The number of hydrogen-bond donors (Lipinski definition) is 2. The summed E-state index contributed by atoms with van der Waals surface area (Å²) >= 11 is 0. The van der Waals surface area contributed by atoms with Crippen LogP contribution in [0.2, 0.25) is 6.32 Å². The van der Waals surface area contributed by atoms with Crippen LogP contribution >= 0.6 is 0 Å². The van der Waals surface area contributed by atoms with Gasteiger partial charge in [-0.2, -0.15) is 0 Å². The topological polar surface area (TPSA) is 64.7 Å². The highest BCUT2D eigenvalue weighted by molar-refractivity contribution is 6.28. The Morgan fingerprint density at radius 1 is 1.00 bits per heavy atom. The minimum atomic E-state index is -1.10. The van der Waals surface area contributed by atoms with Crippen LogP contribution in [0.15, 0.2) is 48.6 Å². The average Bonchev–Trinajstić information content (AvgIpc) is 2.52. The van der Waals surface area contributed by atoms with Gasteiger partial charge in [0.15, 0.2) is 0 Å². The Balaban J connectivity index is 0. The minimum absolute atomic E-state index is 0.622. The van der Waals surface area contributed by atoms with Crippen LogP contribution in [0.1, 0.15) is 27.2 Å². The van der Waals surface area contributed by atoms with E-state index in [0.29, 0.717) is 12.9 Å². The second-order valence-electron chi connectivity index (χ2n) is 5.59. The van der Waals surface area contributed by atoms with Gasteiger partial charge in [-0.3, -0.25) is 0 Å². The van der Waals surface area contributed by atoms with Gasteiger partial charge >= 0.3 is 0 Å². The first-order valence-corrected chi connectivity index (χ1v) is 7.77. The van der Waals surface area contributed by atoms with E-state index in [1.165, 1.54) is 0 Å². The molecule has 3 N–H and O–H groups in total. The zero-order valence-electron chi connectivity index (χ0n) is 15.3. The Morgan fingerprint density at radius 3 is 2.12 bits per heavy atom. The van der Waals surface area contributed by atoms with Gasteiger partial charge in [-0.25, -0.2) is 0 Å². The van der Waals surface area contributed by atoms with E-state index < -0.39 is 11.3 Å². The SMILES string of the molecule is C#C.COC/C=C/C\C=C/C=C/C=C\C[B]OC(C)(N)C(C)(C)O. The maximum atomic E-state index is 9.82. The summed E-state index contributed by atoms with van der Waals surface area (Å²) in [5, 5.41) is 9.82. The van der Waals surface area contributed by atoms with Crippen molar-refractivity contribution < 1.29 is 14.5 Å². The molecule has 0 amide bonds. The van der Waals surface area contributed by atoms with Gasteiger partial charge in [0.2, 0.25) is 0 Å². The number of rotatable bonds is 11. The molecular weight excluding hydrogens is 301 g/mol. The molecule has 24 heavy (non-hydrogen) atoms. The highest BCUT2D eigenvalue weighted by Crippen LogP contribution is 2.19. The molecule has 0 spiro atoms. The summed E-state index contributed by atoms with van der Waals surface area (Å²) in [4.78, 5) is 0. The highest BCUT2D eigenvalue weighted by Gasteiger charge is 2.36. The lowest BCUT2D eigenvalue weighted by atomic mass is 9.90. The van der Waals surface area contributed by atoms with Crippen LogP contribution in [-0.2, 0) is 9.39 Å². The Morgan fingerprint density at radius 2 is 1.58 bits per heavy atom. The molecule has 4 nitrogen and oxygen atoms in total. The third kappa shape index (κ3) is 14.0. The average molecular weight is 332 g/mol. The molecule has 0 aliphatic heterocycles. The molecule has 1 unspecified atom stereocenters. The van der Waals surface area contributed by atoms with Gasteiger partial charge in [-0.15, -0.1) is 12.8 Å². The fourth-order valence-corrected chi connectivity index (χ4v) is 1.20. The Labute approximate surface area is 148 Å². The molecular formula is C19H31BNO3. The lowest BCUT2D eigenvalue weighted by Gasteiger charge is -2.37. The van der Waals surface area contributed by atoms with Crippen molar-refractivity contribution in [3.8, 4) is 12.8 Å². The van der Waals surface area contributed by atoms with Crippen LogP contribution in [0.25, 0.3) is 0 Å². The van der Waals surface area contributed by atoms with Gasteiger partial charge in [0.25, 0.3) is 7.48 Å². The third-order valence-corrected chi connectivity index (χ3v) is 3.08. The van der Waals surface area contributed by atoms with Gasteiger partial charge in [-0.1, -0.05) is 48.6 Å². The third-order valence-electron chi connectivity index (χ3n) is 3.08. The molecule has 0 aliphatic carbocycles. The fraction of sp³-hybridized carbons (Fsp3) is 0.474. The van der Waals surface area contributed by atoms with E-state index in [1.54, 1.807) is 35.4 Å². The summed E-state index contributed by atoms with van der Waals surface area (Å²) in [5.74, 6) is 0. The predicted octanol–water partition coefficient (Wildman–Crippen LogP) is 3.00. The summed E-state index contributed by atoms with van der Waals surface area (Å²) in [6.07, 6.45) is 25.4. The maximum Gasteiger partial charge on any atom is 0.299 e. The number of terminal acetylenes is 1. The van der Waals surface area contributed by atoms with Crippen LogP contribution in [0.3, 0.4) is 0 Å². The van der Waals surface area contributed by atoms with Gasteiger partial charge < -0.3 is 20.2 Å². The van der Waals surface area contributed by atoms with Crippen LogP contribution in [-0.4, -0.2) is 37.6 Å². The van der Waals surface area contributed by atoms with E-state index >= 15 is 0 Å². The van der Waals surface area contributed by atoms with E-state index in [4.69, 9.17) is 15.1 Å². The fourth-order valence-electron chi connectivity index (χ4n) is 1.20. The number of hydrogen-bond acceptors (Lipinski definition) is 4. The van der Waals surface area contributed by atoms with E-state index in [-0.39, 0.29) is 0 Å². The van der Waals surface area contributed by atoms with E-state index in [1.807, 2.05) is 36.5 Å². The van der Waals surface area contributed by atoms with Crippen LogP contribution < -0.4 is 5.73 Å². The molecule has 0 heterocycles. The second-order valence-corrected chi connectivity index (χ2v) is 5.59. The van der Waals surface area contributed by atoms with Crippen molar-refractivity contribution in [2.45, 2.75) is 44.8 Å². The van der Waals surface area contributed by atoms with Crippen molar-refractivity contribution in [2.75, 3.05) is 13.7 Å².